The number of aliphatic hydroxyl groups is 1. The number of rotatable bonds is 7. The molecule has 6 rings (SSSR count). The first-order valence-electron chi connectivity index (χ1n) is 17.1. The van der Waals surface area contributed by atoms with Crippen molar-refractivity contribution >= 4 is 24.2 Å². The molecule has 0 unspecified atom stereocenters. The number of carbonyl (C=O) groups is 4. The summed E-state index contributed by atoms with van der Waals surface area (Å²) in [6.45, 7) is 12.1. The molecule has 2 aliphatic heterocycles. The van der Waals surface area contributed by atoms with E-state index in [1.165, 1.54) is 6.92 Å². The number of nitrogens with zero attached hydrogens (tertiary/aromatic N) is 1. The first kappa shape index (κ1) is 36.2. The maximum absolute atomic E-state index is 13.6. The Bertz CT molecular complexity index is 1760. The highest BCUT2D eigenvalue weighted by Gasteiger charge is 2.72. The van der Waals surface area contributed by atoms with E-state index < -0.39 is 64.8 Å². The van der Waals surface area contributed by atoms with Crippen molar-refractivity contribution in [3.05, 3.63) is 71.0 Å². The lowest BCUT2D eigenvalue weighted by molar-refractivity contribution is -0.178. The van der Waals surface area contributed by atoms with E-state index in [9.17, 15) is 24.3 Å². The zero-order chi connectivity index (χ0) is 37.1. The van der Waals surface area contributed by atoms with Gasteiger partial charge in [0.2, 0.25) is 6.10 Å². The van der Waals surface area contributed by atoms with E-state index in [1.807, 2.05) is 13.1 Å². The molecule has 2 aromatic rings. The number of likely N-dealkylation sites (tertiary alicyclic amines) is 1. The van der Waals surface area contributed by atoms with Crippen molar-refractivity contribution in [1.29, 1.82) is 0 Å². The molecule has 1 N–H and O–H groups in total. The van der Waals surface area contributed by atoms with Crippen molar-refractivity contribution < 1.29 is 57.4 Å². The van der Waals surface area contributed by atoms with Crippen LogP contribution in [-0.4, -0.2) is 82.9 Å². The quantitative estimate of drug-likeness (QED) is 0.221. The summed E-state index contributed by atoms with van der Waals surface area (Å²) in [6.07, 6.45) is -3.16. The van der Waals surface area contributed by atoms with Gasteiger partial charge in [0.05, 0.1) is 11.0 Å². The number of piperidine rings is 1. The fraction of sp³-hybridized carbons (Fsp3) is 0.526. The molecule has 51 heavy (non-hydrogen) atoms. The minimum Gasteiger partial charge on any atom is -0.477 e. The van der Waals surface area contributed by atoms with Gasteiger partial charge in [-0.3, -0.25) is 0 Å². The molecule has 0 amide bonds. The normalized spacial score (nSPS) is 25.9. The minimum atomic E-state index is -1.52. The molecular formula is C38H45NO12. The van der Waals surface area contributed by atoms with Crippen LogP contribution >= 0.6 is 0 Å². The van der Waals surface area contributed by atoms with E-state index in [-0.39, 0.29) is 29.7 Å². The molecule has 2 aliphatic carbocycles. The maximum Gasteiger partial charge on any atom is 0.514 e. The first-order valence-corrected chi connectivity index (χ1v) is 17.1. The largest absolute Gasteiger partial charge is 0.514 e. The smallest absolute Gasteiger partial charge is 0.477 e. The van der Waals surface area contributed by atoms with E-state index in [2.05, 4.69) is 4.90 Å². The van der Waals surface area contributed by atoms with Crippen LogP contribution in [-0.2, 0) is 45.1 Å². The number of hydrogen-bond acceptors (Lipinski definition) is 13. The Morgan fingerprint density at radius 2 is 1.57 bits per heavy atom. The molecule has 0 aromatic heterocycles. The molecule has 1 spiro atoms. The van der Waals surface area contributed by atoms with Crippen molar-refractivity contribution in [2.45, 2.75) is 114 Å². The Morgan fingerprint density at radius 1 is 0.902 bits per heavy atom. The van der Waals surface area contributed by atoms with E-state index in [0.717, 1.165) is 5.56 Å². The van der Waals surface area contributed by atoms with E-state index in [1.54, 1.807) is 84.0 Å². The fourth-order valence-electron chi connectivity index (χ4n) is 7.60. The topological polar surface area (TPSA) is 156 Å². The van der Waals surface area contributed by atoms with Crippen molar-refractivity contribution in [2.75, 3.05) is 13.6 Å². The van der Waals surface area contributed by atoms with Gasteiger partial charge >= 0.3 is 24.2 Å². The van der Waals surface area contributed by atoms with Crippen molar-refractivity contribution in [3.8, 4) is 11.5 Å². The summed E-state index contributed by atoms with van der Waals surface area (Å²) in [6, 6.07) is 11.5. The van der Waals surface area contributed by atoms with Gasteiger partial charge in [-0.2, -0.15) is 0 Å². The molecule has 4 aliphatic rings. The molecular weight excluding hydrogens is 662 g/mol. The molecule has 0 radical (unpaired) electrons. The Balaban J connectivity index is 1.25. The third-order valence-electron chi connectivity index (χ3n) is 9.68. The third-order valence-corrected chi connectivity index (χ3v) is 9.68. The van der Waals surface area contributed by atoms with Gasteiger partial charge in [-0.05, 0) is 92.6 Å². The average Bonchev–Trinajstić information content (AvgIpc) is 3.38. The Kier molecular flexibility index (Phi) is 9.12. The van der Waals surface area contributed by atoms with Crippen molar-refractivity contribution in [1.82, 2.24) is 4.90 Å². The fourth-order valence-corrected chi connectivity index (χ4v) is 7.60. The Labute approximate surface area is 296 Å². The predicted molar refractivity (Wildman–Crippen MR) is 180 cm³/mol. The van der Waals surface area contributed by atoms with E-state index in [0.29, 0.717) is 30.5 Å². The Hall–Kier alpha value is -4.62. The molecule has 13 heteroatoms. The number of hydrogen-bond donors (Lipinski definition) is 1. The number of ether oxygens (including phenoxy) is 7. The lowest BCUT2D eigenvalue weighted by Crippen LogP contribution is -2.74. The van der Waals surface area contributed by atoms with Crippen LogP contribution in [0.25, 0.3) is 0 Å². The number of carbonyl (C=O) groups excluding carboxylic acids is 4. The molecule has 13 nitrogen and oxygen atoms in total. The lowest BCUT2D eigenvalue weighted by atomic mass is 9.50. The van der Waals surface area contributed by atoms with Gasteiger partial charge in [0.15, 0.2) is 23.7 Å². The maximum atomic E-state index is 13.6. The summed E-state index contributed by atoms with van der Waals surface area (Å²) in [5.41, 5.74) is -2.06. The highest BCUT2D eigenvalue weighted by molar-refractivity contribution is 5.84. The van der Waals surface area contributed by atoms with Gasteiger partial charge in [0, 0.05) is 23.6 Å². The van der Waals surface area contributed by atoms with Crippen LogP contribution in [0, 0.1) is 0 Å². The summed E-state index contributed by atoms with van der Waals surface area (Å²) in [7, 11) is 1.97. The zero-order valence-corrected chi connectivity index (χ0v) is 30.1. The average molecular weight is 708 g/mol. The van der Waals surface area contributed by atoms with Crippen LogP contribution in [0.4, 0.5) is 9.59 Å². The molecule has 1 saturated heterocycles. The summed E-state index contributed by atoms with van der Waals surface area (Å²) in [5.74, 6) is -1.39. The van der Waals surface area contributed by atoms with Gasteiger partial charge in [-0.25, -0.2) is 19.2 Å². The molecule has 274 valence electrons. The second-order valence-electron chi connectivity index (χ2n) is 15.5. The van der Waals surface area contributed by atoms with E-state index in [4.69, 9.17) is 33.2 Å². The minimum absolute atomic E-state index is 0.122. The van der Waals surface area contributed by atoms with Gasteiger partial charge in [0.1, 0.15) is 17.0 Å². The first-order chi connectivity index (χ1) is 23.8. The molecule has 2 aromatic carbocycles. The van der Waals surface area contributed by atoms with Crippen LogP contribution in [0.1, 0.15) is 84.1 Å². The lowest BCUT2D eigenvalue weighted by Gasteiger charge is -2.61. The van der Waals surface area contributed by atoms with Crippen molar-refractivity contribution in [2.24, 2.45) is 0 Å². The van der Waals surface area contributed by atoms with Gasteiger partial charge in [0.25, 0.3) is 0 Å². The molecule has 0 saturated carbocycles. The summed E-state index contributed by atoms with van der Waals surface area (Å²) in [5, 5.41) is 12.5. The molecule has 6 atom stereocenters. The summed E-state index contributed by atoms with van der Waals surface area (Å²) >= 11 is 0. The Morgan fingerprint density at radius 3 is 2.24 bits per heavy atom. The number of benzene rings is 2. The standard InChI is InChI=1S/C38H45NO12/c1-21(45-32(41)28(22-12-10-9-11-13-22)49-34(43)51-36(5,6)7)31(40)46-25-16-17-38(44)26-20-23-14-15-24(47-33(42)50-35(2,3)4)29-27(23)37(38,30(25)48-29)18-19-39(26)8/h9-16,21,26,28,30,44H,17-20H2,1-8H3/t21-,26-,28-,30-,37-,38+/m0/s1. The highest BCUT2D eigenvalue weighted by atomic mass is 16.7. The molecule has 2 heterocycles. The van der Waals surface area contributed by atoms with Crippen LogP contribution in [0.3, 0.4) is 0 Å². The van der Waals surface area contributed by atoms with Crippen LogP contribution < -0.4 is 9.47 Å². The van der Waals surface area contributed by atoms with Crippen LogP contribution in [0.2, 0.25) is 0 Å². The third kappa shape index (κ3) is 6.64. The summed E-state index contributed by atoms with van der Waals surface area (Å²) < 4.78 is 39.6. The van der Waals surface area contributed by atoms with E-state index >= 15 is 0 Å². The molecule has 2 bridgehead atoms. The van der Waals surface area contributed by atoms with Crippen molar-refractivity contribution in [3.63, 3.8) is 0 Å². The van der Waals surface area contributed by atoms with Gasteiger partial charge in [-0.15, -0.1) is 0 Å². The monoisotopic (exact) mass is 707 g/mol. The summed E-state index contributed by atoms with van der Waals surface area (Å²) in [4.78, 5) is 54.4. The second kappa shape index (κ2) is 12.9. The van der Waals surface area contributed by atoms with Crippen LogP contribution in [0.5, 0.6) is 11.5 Å². The zero-order valence-electron chi connectivity index (χ0n) is 30.1. The molecule has 1 fully saturated rings. The SMILES string of the molecule is C[C@H](OC(=O)[C@@H](OC(=O)OC(C)(C)C)c1ccccc1)C(=O)OC1=CC[C@@]2(O)[C@@H]3Cc4ccc(OC(=O)OC(C)(C)C)c5c4[C@@]2(CCN3C)[C@H]1O5. The second-order valence-corrected chi connectivity index (χ2v) is 15.5. The number of esters is 2. The van der Waals surface area contributed by atoms with Gasteiger partial charge < -0.3 is 43.2 Å². The highest BCUT2D eigenvalue weighted by Crippen LogP contribution is 2.65. The van der Waals surface area contributed by atoms with Crippen LogP contribution in [0.15, 0.2) is 54.3 Å². The predicted octanol–water partition coefficient (Wildman–Crippen LogP) is 5.45. The number of likely N-dealkylation sites (N-methyl/N-ethyl adjacent to an activating group) is 1. The van der Waals surface area contributed by atoms with Gasteiger partial charge in [-0.1, -0.05) is 36.4 Å².